The number of nitrogens with one attached hydrogen (secondary N) is 3. The van der Waals surface area contributed by atoms with Crippen molar-refractivity contribution in [1.82, 2.24) is 20.9 Å². The van der Waals surface area contributed by atoms with Gasteiger partial charge in [-0.25, -0.2) is 4.98 Å². The summed E-state index contributed by atoms with van der Waals surface area (Å²) in [6.45, 7) is 8.76. The number of fused-ring (bicyclic) bond motifs is 1. The molecule has 1 unspecified atom stereocenters. The summed E-state index contributed by atoms with van der Waals surface area (Å²) >= 11 is 0. The van der Waals surface area contributed by atoms with E-state index in [1.54, 1.807) is 0 Å². The summed E-state index contributed by atoms with van der Waals surface area (Å²) in [5.74, 6) is -0.122. The molecule has 7 heteroatoms. The number of rotatable bonds is 16. The molecular weight excluding hydrogens is 596 g/mol. The molecule has 254 valence electrons. The molecule has 1 fully saturated rings. The van der Waals surface area contributed by atoms with Crippen LogP contribution in [0.25, 0.3) is 22.2 Å². The van der Waals surface area contributed by atoms with Gasteiger partial charge >= 0.3 is 5.97 Å². The maximum atomic E-state index is 14.2. The molecule has 0 spiro atoms. The smallest absolute Gasteiger partial charge is 0.314 e. The maximum absolute atomic E-state index is 14.2. The molecule has 3 aromatic carbocycles. The second-order valence-electron chi connectivity index (χ2n) is 13.0. The number of carbonyl (C=O) groups is 2. The van der Waals surface area contributed by atoms with Gasteiger partial charge < -0.3 is 20.7 Å². The normalized spacial score (nSPS) is 14.8. The molecule has 1 saturated carbocycles. The van der Waals surface area contributed by atoms with Crippen molar-refractivity contribution in [3.05, 3.63) is 101 Å². The first-order chi connectivity index (χ1) is 23.5. The second-order valence-corrected chi connectivity index (χ2v) is 13.0. The molecule has 1 amide bonds. The Labute approximate surface area is 286 Å². The van der Waals surface area contributed by atoms with Crippen molar-refractivity contribution in [3.63, 3.8) is 0 Å². The van der Waals surface area contributed by atoms with E-state index in [2.05, 4.69) is 54.1 Å². The van der Waals surface area contributed by atoms with Crippen LogP contribution < -0.4 is 16.0 Å². The predicted molar refractivity (Wildman–Crippen MR) is 195 cm³/mol. The highest BCUT2D eigenvalue weighted by molar-refractivity contribution is 6.09. The lowest BCUT2D eigenvalue weighted by molar-refractivity contribution is -0.144. The molecule has 7 nitrogen and oxygen atoms in total. The van der Waals surface area contributed by atoms with Gasteiger partial charge in [0.1, 0.15) is 0 Å². The van der Waals surface area contributed by atoms with Crippen molar-refractivity contribution in [3.8, 4) is 11.3 Å². The lowest BCUT2D eigenvalue weighted by atomic mass is 9.84. The molecule has 1 aliphatic rings. The van der Waals surface area contributed by atoms with Crippen molar-refractivity contribution in [2.75, 3.05) is 26.2 Å². The lowest BCUT2D eigenvalue weighted by Gasteiger charge is -2.29. The molecule has 2 atom stereocenters. The van der Waals surface area contributed by atoms with Crippen LogP contribution >= 0.6 is 0 Å². The van der Waals surface area contributed by atoms with E-state index in [1.165, 1.54) is 24.8 Å². The number of aromatic nitrogens is 1. The van der Waals surface area contributed by atoms with Crippen LogP contribution in [0.15, 0.2) is 78.9 Å². The fourth-order valence-corrected chi connectivity index (χ4v) is 7.02. The van der Waals surface area contributed by atoms with Gasteiger partial charge in [-0.1, -0.05) is 105 Å². The second kappa shape index (κ2) is 17.9. The summed E-state index contributed by atoms with van der Waals surface area (Å²) in [5.41, 5.74) is 6.41. The Kier molecular flexibility index (Phi) is 13.1. The highest BCUT2D eigenvalue weighted by Gasteiger charge is 2.26. The zero-order valence-electron chi connectivity index (χ0n) is 28.9. The Morgan fingerprint density at radius 3 is 2.42 bits per heavy atom. The summed E-state index contributed by atoms with van der Waals surface area (Å²) in [6, 6.07) is 26.5. The van der Waals surface area contributed by atoms with E-state index in [1.807, 2.05) is 61.5 Å². The van der Waals surface area contributed by atoms with Gasteiger partial charge in [0, 0.05) is 48.7 Å². The zero-order chi connectivity index (χ0) is 33.7. The minimum Gasteiger partial charge on any atom is -0.465 e. The lowest BCUT2D eigenvalue weighted by Crippen LogP contribution is -2.39. The number of hydrogen-bond acceptors (Lipinski definition) is 6. The first-order valence-electron chi connectivity index (χ1n) is 17.9. The van der Waals surface area contributed by atoms with Gasteiger partial charge in [-0.2, -0.15) is 0 Å². The zero-order valence-corrected chi connectivity index (χ0v) is 28.9. The van der Waals surface area contributed by atoms with Crippen molar-refractivity contribution in [2.24, 2.45) is 5.92 Å². The minimum absolute atomic E-state index is 0.0404. The predicted octanol–water partition coefficient (Wildman–Crippen LogP) is 7.58. The topological polar surface area (TPSA) is 92.4 Å². The number of carbonyl (C=O) groups excluding carboxylic acids is 2. The largest absolute Gasteiger partial charge is 0.465 e. The van der Waals surface area contributed by atoms with Crippen molar-refractivity contribution in [2.45, 2.75) is 84.2 Å². The molecule has 4 aromatic rings. The number of aryl methyl sites for hydroxylation is 1. The molecule has 0 aliphatic heterocycles. The Morgan fingerprint density at radius 1 is 0.896 bits per heavy atom. The van der Waals surface area contributed by atoms with Crippen LogP contribution in [-0.4, -0.2) is 49.1 Å². The van der Waals surface area contributed by atoms with E-state index < -0.39 is 0 Å². The highest BCUT2D eigenvalue weighted by Crippen LogP contribution is 2.32. The average molecular weight is 649 g/mol. The van der Waals surface area contributed by atoms with Gasteiger partial charge in [0.05, 0.1) is 29.3 Å². The molecular formula is C41H52N4O3. The van der Waals surface area contributed by atoms with E-state index >= 15 is 0 Å². The SMILES string of the molecule is CCCc1cccc(C(CNCCNCc2c(-c3ccccc3)nc3ccccc3c2C(=O)N[C@@H](C)C2CCCCC2)C(=O)OCC)c1. The Balaban J connectivity index is 1.33. The van der Waals surface area contributed by atoms with E-state index in [0.29, 0.717) is 44.3 Å². The van der Waals surface area contributed by atoms with E-state index in [0.717, 1.165) is 59.0 Å². The van der Waals surface area contributed by atoms with Crippen LogP contribution in [0.5, 0.6) is 0 Å². The van der Waals surface area contributed by atoms with Crippen molar-refractivity contribution < 1.29 is 14.3 Å². The van der Waals surface area contributed by atoms with Gasteiger partial charge in [-0.15, -0.1) is 0 Å². The van der Waals surface area contributed by atoms with Gasteiger partial charge in [-0.3, -0.25) is 9.59 Å². The third kappa shape index (κ3) is 9.09. The third-order valence-electron chi connectivity index (χ3n) is 9.58. The molecule has 1 aromatic heterocycles. The number of ether oxygens (including phenoxy) is 1. The van der Waals surface area contributed by atoms with Gasteiger partial charge in [-0.05, 0) is 56.2 Å². The van der Waals surface area contributed by atoms with Crippen LogP contribution in [0, 0.1) is 5.92 Å². The van der Waals surface area contributed by atoms with E-state index in [4.69, 9.17) is 9.72 Å². The molecule has 0 radical (unpaired) electrons. The maximum Gasteiger partial charge on any atom is 0.314 e. The standard InChI is InChI=1S/C41H52N4O3/c1-4-15-30-16-14-21-33(26-30)35(41(47)48-5-2)27-42-24-25-43-28-36-38(40(46)44-29(3)31-17-8-6-9-18-31)34-22-12-13-23-37(34)45-39(36)32-19-10-7-11-20-32/h7,10-14,16,19-23,26,29,31,35,42-43H,4-6,8-9,15,17-18,24-25,27-28H2,1-3H3,(H,44,46)/t29-,35?/m0/s1. The monoisotopic (exact) mass is 648 g/mol. The number of esters is 1. The Morgan fingerprint density at radius 2 is 1.65 bits per heavy atom. The molecule has 1 heterocycles. The van der Waals surface area contributed by atoms with Gasteiger partial charge in [0.2, 0.25) is 0 Å². The van der Waals surface area contributed by atoms with E-state index in [9.17, 15) is 9.59 Å². The molecule has 0 bridgehead atoms. The molecule has 5 rings (SSSR count). The number of para-hydroxylation sites is 1. The van der Waals surface area contributed by atoms with Crippen molar-refractivity contribution in [1.29, 1.82) is 0 Å². The molecule has 0 saturated heterocycles. The van der Waals surface area contributed by atoms with Crippen LogP contribution in [0.2, 0.25) is 0 Å². The minimum atomic E-state index is -0.377. The summed E-state index contributed by atoms with van der Waals surface area (Å²) in [5, 5.41) is 11.3. The first kappa shape index (κ1) is 35.2. The van der Waals surface area contributed by atoms with Gasteiger partial charge in [0.25, 0.3) is 5.91 Å². The quantitative estimate of drug-likeness (QED) is 0.0857. The number of amides is 1. The van der Waals surface area contributed by atoms with Crippen molar-refractivity contribution >= 4 is 22.8 Å². The fourth-order valence-electron chi connectivity index (χ4n) is 7.02. The summed E-state index contributed by atoms with van der Waals surface area (Å²) in [4.78, 5) is 32.3. The number of hydrogen-bond donors (Lipinski definition) is 3. The number of benzene rings is 3. The Hall–Kier alpha value is -4.07. The van der Waals surface area contributed by atoms with Crippen LogP contribution in [0.3, 0.4) is 0 Å². The number of nitrogens with zero attached hydrogens (tertiary/aromatic N) is 1. The fraction of sp³-hybridized carbons (Fsp3) is 0.439. The third-order valence-corrected chi connectivity index (χ3v) is 9.58. The molecule has 48 heavy (non-hydrogen) atoms. The number of pyridine rings is 1. The highest BCUT2D eigenvalue weighted by atomic mass is 16.5. The van der Waals surface area contributed by atoms with Crippen LogP contribution in [0.1, 0.15) is 92.3 Å². The Bertz CT molecular complexity index is 1630. The summed E-state index contributed by atoms with van der Waals surface area (Å²) in [6.07, 6.45) is 8.11. The average Bonchev–Trinajstić information content (AvgIpc) is 3.11. The van der Waals surface area contributed by atoms with Gasteiger partial charge in [0.15, 0.2) is 0 Å². The molecule has 3 N–H and O–H groups in total. The van der Waals surface area contributed by atoms with Crippen LogP contribution in [-0.2, 0) is 22.5 Å². The molecule has 1 aliphatic carbocycles. The summed E-state index contributed by atoms with van der Waals surface area (Å²) < 4.78 is 5.45. The first-order valence-corrected chi connectivity index (χ1v) is 17.9. The summed E-state index contributed by atoms with van der Waals surface area (Å²) in [7, 11) is 0. The van der Waals surface area contributed by atoms with Crippen LogP contribution in [0.4, 0.5) is 0 Å². The van der Waals surface area contributed by atoms with E-state index in [-0.39, 0.29) is 23.8 Å².